The van der Waals surface area contributed by atoms with E-state index in [0.717, 1.165) is 23.6 Å². The summed E-state index contributed by atoms with van der Waals surface area (Å²) in [6.45, 7) is 3.51. The predicted octanol–water partition coefficient (Wildman–Crippen LogP) is 2.96. The average Bonchev–Trinajstić information content (AvgIpc) is 2.61. The van der Waals surface area contributed by atoms with E-state index >= 15 is 0 Å². The van der Waals surface area contributed by atoms with E-state index in [2.05, 4.69) is 18.3 Å². The number of amides is 1. The van der Waals surface area contributed by atoms with Crippen LogP contribution in [0.25, 0.3) is 0 Å². The maximum Gasteiger partial charge on any atom is 0.238 e. The summed E-state index contributed by atoms with van der Waals surface area (Å²) in [6, 6.07) is 15.6. The third-order valence-electron chi connectivity index (χ3n) is 4.12. The van der Waals surface area contributed by atoms with E-state index in [-0.39, 0.29) is 12.0 Å². The lowest BCUT2D eigenvalue weighted by Crippen LogP contribution is -2.42. The Kier molecular flexibility index (Phi) is 5.56. The van der Waals surface area contributed by atoms with E-state index in [1.807, 2.05) is 54.4 Å². The van der Waals surface area contributed by atoms with Crippen molar-refractivity contribution in [1.29, 1.82) is 0 Å². The zero-order valence-electron chi connectivity index (χ0n) is 14.7. The molecule has 0 fully saturated rings. The smallest absolute Gasteiger partial charge is 0.238 e. The van der Waals surface area contributed by atoms with E-state index in [4.69, 9.17) is 9.47 Å². The van der Waals surface area contributed by atoms with Gasteiger partial charge in [-0.3, -0.25) is 9.69 Å². The molecular formula is C20H24N2O3. The molecule has 2 aromatic rings. The molecule has 1 aliphatic rings. The first-order chi connectivity index (χ1) is 12.1. The fourth-order valence-corrected chi connectivity index (χ4v) is 2.88. The zero-order valence-corrected chi connectivity index (χ0v) is 14.7. The number of nitrogens with one attached hydrogen (secondary N) is 1. The summed E-state index contributed by atoms with van der Waals surface area (Å²) in [7, 11) is 1.91. The molecule has 1 heterocycles. The molecule has 5 nitrogen and oxygen atoms in total. The molecule has 0 radical (unpaired) electrons. The van der Waals surface area contributed by atoms with Gasteiger partial charge in [0.05, 0.1) is 6.54 Å². The van der Waals surface area contributed by atoms with Crippen LogP contribution in [0.4, 0.5) is 5.69 Å². The SMILES string of the molecule is CCc1cccc(NC(=O)CN(C)CC2COc3ccccc3O2)c1. The lowest BCUT2D eigenvalue weighted by Gasteiger charge is -2.29. The first-order valence-electron chi connectivity index (χ1n) is 8.60. The van der Waals surface area contributed by atoms with Crippen molar-refractivity contribution in [2.24, 2.45) is 0 Å². The van der Waals surface area contributed by atoms with Crippen molar-refractivity contribution in [3.63, 3.8) is 0 Å². The van der Waals surface area contributed by atoms with Gasteiger partial charge in [0.25, 0.3) is 0 Å². The largest absolute Gasteiger partial charge is 0.486 e. The number of para-hydroxylation sites is 2. The molecule has 0 saturated heterocycles. The molecule has 1 aliphatic heterocycles. The van der Waals surface area contributed by atoms with E-state index in [1.54, 1.807) is 0 Å². The number of hydrogen-bond donors (Lipinski definition) is 1. The van der Waals surface area contributed by atoms with Gasteiger partial charge < -0.3 is 14.8 Å². The molecule has 0 spiro atoms. The Labute approximate surface area is 148 Å². The van der Waals surface area contributed by atoms with Gasteiger partial charge in [0, 0.05) is 12.2 Å². The van der Waals surface area contributed by atoms with Crippen molar-refractivity contribution in [2.45, 2.75) is 19.4 Å². The molecule has 1 atom stereocenters. The Morgan fingerprint density at radius 1 is 1.20 bits per heavy atom. The van der Waals surface area contributed by atoms with Gasteiger partial charge in [0.15, 0.2) is 11.5 Å². The lowest BCUT2D eigenvalue weighted by molar-refractivity contribution is -0.117. The lowest BCUT2D eigenvalue weighted by atomic mass is 10.1. The third kappa shape index (κ3) is 4.73. The van der Waals surface area contributed by atoms with E-state index in [1.165, 1.54) is 5.56 Å². The first kappa shape index (κ1) is 17.3. The molecule has 0 bridgehead atoms. The molecule has 1 N–H and O–H groups in total. The second-order valence-corrected chi connectivity index (χ2v) is 6.30. The first-order valence-corrected chi connectivity index (χ1v) is 8.60. The number of hydrogen-bond acceptors (Lipinski definition) is 4. The van der Waals surface area contributed by atoms with Crippen molar-refractivity contribution in [3.8, 4) is 11.5 Å². The Bertz CT molecular complexity index is 732. The monoisotopic (exact) mass is 340 g/mol. The number of aryl methyl sites for hydroxylation is 1. The number of carbonyl (C=O) groups excluding carboxylic acids is 1. The van der Waals surface area contributed by atoms with Crippen LogP contribution in [0.3, 0.4) is 0 Å². The second-order valence-electron chi connectivity index (χ2n) is 6.30. The maximum absolute atomic E-state index is 12.2. The van der Waals surface area contributed by atoms with Gasteiger partial charge in [-0.15, -0.1) is 0 Å². The van der Waals surface area contributed by atoms with Crippen LogP contribution in [0.15, 0.2) is 48.5 Å². The average molecular weight is 340 g/mol. The quantitative estimate of drug-likeness (QED) is 0.878. The van der Waals surface area contributed by atoms with Crippen LogP contribution in [0.1, 0.15) is 12.5 Å². The Morgan fingerprint density at radius 2 is 2.00 bits per heavy atom. The fraction of sp³-hybridized carbons (Fsp3) is 0.350. The van der Waals surface area contributed by atoms with Crippen molar-refractivity contribution in [1.82, 2.24) is 4.90 Å². The molecule has 5 heteroatoms. The van der Waals surface area contributed by atoms with Gasteiger partial charge in [-0.1, -0.05) is 31.2 Å². The molecule has 1 amide bonds. The van der Waals surface area contributed by atoms with Crippen LogP contribution in [-0.4, -0.2) is 43.7 Å². The van der Waals surface area contributed by atoms with Gasteiger partial charge >= 0.3 is 0 Å². The zero-order chi connectivity index (χ0) is 17.6. The van der Waals surface area contributed by atoms with E-state index < -0.39 is 0 Å². The normalized spacial score (nSPS) is 15.9. The van der Waals surface area contributed by atoms with Gasteiger partial charge in [-0.2, -0.15) is 0 Å². The van der Waals surface area contributed by atoms with Crippen LogP contribution in [0, 0.1) is 0 Å². The van der Waals surface area contributed by atoms with Crippen molar-refractivity contribution in [3.05, 3.63) is 54.1 Å². The van der Waals surface area contributed by atoms with Gasteiger partial charge in [-0.25, -0.2) is 0 Å². The van der Waals surface area contributed by atoms with E-state index in [9.17, 15) is 4.79 Å². The summed E-state index contributed by atoms with van der Waals surface area (Å²) in [5.74, 6) is 1.50. The number of nitrogens with zero attached hydrogens (tertiary/aromatic N) is 1. The van der Waals surface area contributed by atoms with Crippen molar-refractivity contribution in [2.75, 3.05) is 32.1 Å². The highest BCUT2D eigenvalue weighted by molar-refractivity contribution is 5.92. The van der Waals surface area contributed by atoms with Crippen LogP contribution in [0.2, 0.25) is 0 Å². The summed E-state index contributed by atoms with van der Waals surface area (Å²) >= 11 is 0. The molecular weight excluding hydrogens is 316 g/mol. The highest BCUT2D eigenvalue weighted by Gasteiger charge is 2.22. The topological polar surface area (TPSA) is 50.8 Å². The number of benzene rings is 2. The number of carbonyl (C=O) groups is 1. The van der Waals surface area contributed by atoms with Crippen molar-refractivity contribution >= 4 is 11.6 Å². The number of anilines is 1. The summed E-state index contributed by atoms with van der Waals surface area (Å²) in [6.07, 6.45) is 0.862. The minimum absolute atomic E-state index is 0.0344. The predicted molar refractivity (Wildman–Crippen MR) is 98.3 cm³/mol. The van der Waals surface area contributed by atoms with Crippen LogP contribution < -0.4 is 14.8 Å². The Morgan fingerprint density at radius 3 is 2.80 bits per heavy atom. The molecule has 0 saturated carbocycles. The Balaban J connectivity index is 1.49. The summed E-state index contributed by atoms with van der Waals surface area (Å²) in [5, 5.41) is 2.95. The van der Waals surface area contributed by atoms with Gasteiger partial charge in [-0.05, 0) is 43.3 Å². The second kappa shape index (κ2) is 8.03. The number of likely N-dealkylation sites (N-methyl/N-ethyl adjacent to an activating group) is 1. The Hall–Kier alpha value is -2.53. The summed E-state index contributed by atoms with van der Waals surface area (Å²) in [5.41, 5.74) is 2.04. The van der Waals surface area contributed by atoms with Crippen LogP contribution in [0.5, 0.6) is 11.5 Å². The van der Waals surface area contributed by atoms with Gasteiger partial charge in [0.1, 0.15) is 12.7 Å². The van der Waals surface area contributed by atoms with Crippen LogP contribution in [-0.2, 0) is 11.2 Å². The standard InChI is InChI=1S/C20H24N2O3/c1-3-15-7-6-8-16(11-15)21-20(23)13-22(2)12-17-14-24-18-9-4-5-10-19(18)25-17/h4-11,17H,3,12-14H2,1-2H3,(H,21,23). The highest BCUT2D eigenvalue weighted by atomic mass is 16.6. The van der Waals surface area contributed by atoms with Crippen LogP contribution >= 0.6 is 0 Å². The molecule has 0 aliphatic carbocycles. The molecule has 132 valence electrons. The third-order valence-corrected chi connectivity index (χ3v) is 4.12. The number of rotatable bonds is 6. The summed E-state index contributed by atoms with van der Waals surface area (Å²) < 4.78 is 11.6. The minimum atomic E-state index is -0.0869. The maximum atomic E-state index is 12.2. The minimum Gasteiger partial charge on any atom is -0.486 e. The number of fused-ring (bicyclic) bond motifs is 1. The number of ether oxygens (including phenoxy) is 2. The van der Waals surface area contributed by atoms with E-state index in [0.29, 0.717) is 19.7 Å². The molecule has 1 unspecified atom stereocenters. The molecule has 0 aromatic heterocycles. The van der Waals surface area contributed by atoms with Crippen molar-refractivity contribution < 1.29 is 14.3 Å². The van der Waals surface area contributed by atoms with Gasteiger partial charge in [0.2, 0.25) is 5.91 Å². The fourth-order valence-electron chi connectivity index (χ4n) is 2.88. The highest BCUT2D eigenvalue weighted by Crippen LogP contribution is 2.30. The summed E-state index contributed by atoms with van der Waals surface area (Å²) in [4.78, 5) is 14.2. The molecule has 2 aromatic carbocycles. The molecule has 3 rings (SSSR count). The molecule has 25 heavy (non-hydrogen) atoms.